The summed E-state index contributed by atoms with van der Waals surface area (Å²) in [5.74, 6) is 0.127. The number of nitrogens with zero attached hydrogens (tertiary/aromatic N) is 3. The lowest BCUT2D eigenvalue weighted by Gasteiger charge is -2.22. The van der Waals surface area contributed by atoms with E-state index in [1.807, 2.05) is 30.3 Å². The standard InChI is InChI=1S/C22H21N5O/c1-22(2,3)16-9-5-7-11-18(16)27-21(28)19-13-25-20(14-24-19)26-17-10-6-4-8-15(17)12-23/h4-11,13-14H,1-3H3,(H,25,26)(H,27,28). The van der Waals surface area contributed by atoms with Crippen LogP contribution < -0.4 is 10.6 Å². The number of benzene rings is 2. The zero-order valence-corrected chi connectivity index (χ0v) is 16.0. The van der Waals surface area contributed by atoms with Crippen molar-refractivity contribution < 1.29 is 4.79 Å². The Balaban J connectivity index is 1.76. The summed E-state index contributed by atoms with van der Waals surface area (Å²) in [5.41, 5.74) is 3.05. The van der Waals surface area contributed by atoms with Gasteiger partial charge in [-0.2, -0.15) is 5.26 Å². The second-order valence-corrected chi connectivity index (χ2v) is 7.32. The van der Waals surface area contributed by atoms with Crippen molar-refractivity contribution in [2.75, 3.05) is 10.6 Å². The van der Waals surface area contributed by atoms with Crippen LogP contribution in [0.4, 0.5) is 17.2 Å². The molecule has 0 fully saturated rings. The van der Waals surface area contributed by atoms with E-state index in [9.17, 15) is 4.79 Å². The molecule has 0 aliphatic rings. The first kappa shape index (κ1) is 19.1. The summed E-state index contributed by atoms with van der Waals surface area (Å²) in [5, 5.41) is 15.1. The number of hydrogen-bond acceptors (Lipinski definition) is 5. The fourth-order valence-corrected chi connectivity index (χ4v) is 2.77. The molecule has 1 heterocycles. The minimum atomic E-state index is -0.326. The smallest absolute Gasteiger partial charge is 0.275 e. The Labute approximate surface area is 164 Å². The van der Waals surface area contributed by atoms with Gasteiger partial charge in [-0.25, -0.2) is 9.97 Å². The quantitative estimate of drug-likeness (QED) is 0.697. The third-order valence-electron chi connectivity index (χ3n) is 4.18. The predicted octanol–water partition coefficient (Wildman–Crippen LogP) is 4.64. The molecule has 1 aromatic heterocycles. The number of aromatic nitrogens is 2. The van der Waals surface area contributed by atoms with E-state index in [4.69, 9.17) is 5.26 Å². The average molecular weight is 371 g/mol. The highest BCUT2D eigenvalue weighted by atomic mass is 16.1. The Morgan fingerprint density at radius 1 is 0.964 bits per heavy atom. The van der Waals surface area contributed by atoms with E-state index in [0.717, 1.165) is 11.3 Å². The zero-order chi connectivity index (χ0) is 20.1. The van der Waals surface area contributed by atoms with Crippen molar-refractivity contribution in [3.8, 4) is 6.07 Å². The first-order valence-electron chi connectivity index (χ1n) is 8.87. The summed E-state index contributed by atoms with van der Waals surface area (Å²) in [7, 11) is 0. The van der Waals surface area contributed by atoms with Crippen molar-refractivity contribution in [2.24, 2.45) is 0 Å². The van der Waals surface area contributed by atoms with Crippen molar-refractivity contribution in [3.63, 3.8) is 0 Å². The Kier molecular flexibility index (Phi) is 5.37. The summed E-state index contributed by atoms with van der Waals surface area (Å²) in [6, 6.07) is 16.9. The lowest BCUT2D eigenvalue weighted by Crippen LogP contribution is -2.19. The highest BCUT2D eigenvalue weighted by Crippen LogP contribution is 2.29. The third kappa shape index (κ3) is 4.33. The summed E-state index contributed by atoms with van der Waals surface area (Å²) >= 11 is 0. The predicted molar refractivity (Wildman–Crippen MR) is 110 cm³/mol. The van der Waals surface area contributed by atoms with E-state index in [2.05, 4.69) is 47.4 Å². The van der Waals surface area contributed by atoms with E-state index in [-0.39, 0.29) is 17.0 Å². The highest BCUT2D eigenvalue weighted by molar-refractivity contribution is 6.03. The molecule has 0 saturated heterocycles. The van der Waals surface area contributed by atoms with Gasteiger partial charge in [0.05, 0.1) is 23.6 Å². The number of carbonyl (C=O) groups excluding carboxylic acids is 1. The van der Waals surface area contributed by atoms with Crippen LogP contribution in [0.2, 0.25) is 0 Å². The van der Waals surface area contributed by atoms with Crippen molar-refractivity contribution in [3.05, 3.63) is 77.7 Å². The van der Waals surface area contributed by atoms with Gasteiger partial charge in [-0.15, -0.1) is 0 Å². The van der Waals surface area contributed by atoms with E-state index in [1.54, 1.807) is 18.2 Å². The van der Waals surface area contributed by atoms with Gasteiger partial charge >= 0.3 is 0 Å². The Bertz CT molecular complexity index is 1030. The molecule has 140 valence electrons. The average Bonchev–Trinajstić information content (AvgIpc) is 2.68. The van der Waals surface area contributed by atoms with Gasteiger partial charge in [-0.05, 0) is 29.2 Å². The largest absolute Gasteiger partial charge is 0.338 e. The molecule has 28 heavy (non-hydrogen) atoms. The van der Waals surface area contributed by atoms with E-state index in [1.165, 1.54) is 12.4 Å². The number of nitriles is 1. The maximum absolute atomic E-state index is 12.6. The number of amides is 1. The van der Waals surface area contributed by atoms with Crippen LogP contribution in [0.1, 0.15) is 42.4 Å². The number of hydrogen-bond donors (Lipinski definition) is 2. The van der Waals surface area contributed by atoms with Gasteiger partial charge in [0.2, 0.25) is 0 Å². The summed E-state index contributed by atoms with van der Waals surface area (Å²) in [4.78, 5) is 21.0. The SMILES string of the molecule is CC(C)(C)c1ccccc1NC(=O)c1cnc(Nc2ccccc2C#N)cn1. The molecule has 3 aromatic rings. The lowest BCUT2D eigenvalue weighted by molar-refractivity contribution is 0.102. The third-order valence-corrected chi connectivity index (χ3v) is 4.18. The molecular weight excluding hydrogens is 350 g/mol. The molecule has 6 heteroatoms. The lowest BCUT2D eigenvalue weighted by atomic mass is 9.86. The number of carbonyl (C=O) groups is 1. The molecular formula is C22H21N5O. The van der Waals surface area contributed by atoms with Gasteiger partial charge in [0, 0.05) is 5.69 Å². The second-order valence-electron chi connectivity index (χ2n) is 7.32. The molecule has 0 aliphatic heterocycles. The molecule has 0 unspecified atom stereocenters. The molecule has 3 rings (SSSR count). The van der Waals surface area contributed by atoms with Crippen LogP contribution >= 0.6 is 0 Å². The first-order valence-corrected chi connectivity index (χ1v) is 8.87. The Hall–Kier alpha value is -3.72. The Morgan fingerprint density at radius 3 is 2.29 bits per heavy atom. The maximum Gasteiger partial charge on any atom is 0.275 e. The molecule has 0 spiro atoms. The van der Waals surface area contributed by atoms with Gasteiger partial charge in [0.15, 0.2) is 0 Å². The van der Waals surface area contributed by atoms with E-state index >= 15 is 0 Å². The fourth-order valence-electron chi connectivity index (χ4n) is 2.77. The molecule has 0 bridgehead atoms. The van der Waals surface area contributed by atoms with Gasteiger partial charge in [-0.1, -0.05) is 51.1 Å². The van der Waals surface area contributed by atoms with Crippen molar-refractivity contribution in [1.29, 1.82) is 5.26 Å². The molecule has 0 radical (unpaired) electrons. The van der Waals surface area contributed by atoms with E-state index < -0.39 is 0 Å². The van der Waals surface area contributed by atoms with Gasteiger partial charge < -0.3 is 10.6 Å². The normalized spacial score (nSPS) is 10.8. The van der Waals surface area contributed by atoms with Crippen molar-refractivity contribution in [2.45, 2.75) is 26.2 Å². The molecule has 6 nitrogen and oxygen atoms in total. The van der Waals surface area contributed by atoms with Crippen LogP contribution in [0.3, 0.4) is 0 Å². The molecule has 0 saturated carbocycles. The van der Waals surface area contributed by atoms with Crippen molar-refractivity contribution in [1.82, 2.24) is 9.97 Å². The highest BCUT2D eigenvalue weighted by Gasteiger charge is 2.19. The molecule has 0 atom stereocenters. The fraction of sp³-hybridized carbons (Fsp3) is 0.182. The summed E-state index contributed by atoms with van der Waals surface area (Å²) in [6.45, 7) is 6.28. The van der Waals surface area contributed by atoms with Crippen LogP contribution in [-0.4, -0.2) is 15.9 Å². The molecule has 1 amide bonds. The minimum Gasteiger partial charge on any atom is -0.338 e. The molecule has 0 aliphatic carbocycles. The number of rotatable bonds is 4. The summed E-state index contributed by atoms with van der Waals surface area (Å²) < 4.78 is 0. The minimum absolute atomic E-state index is 0.0997. The Morgan fingerprint density at radius 2 is 1.64 bits per heavy atom. The summed E-state index contributed by atoms with van der Waals surface area (Å²) in [6.07, 6.45) is 2.88. The number of anilines is 3. The first-order chi connectivity index (χ1) is 13.4. The monoisotopic (exact) mass is 371 g/mol. The van der Waals surface area contributed by atoms with Crippen LogP contribution in [0.25, 0.3) is 0 Å². The molecule has 2 aromatic carbocycles. The number of nitrogens with one attached hydrogen (secondary N) is 2. The topological polar surface area (TPSA) is 90.7 Å². The van der Waals surface area contributed by atoms with Crippen LogP contribution in [-0.2, 0) is 5.41 Å². The van der Waals surface area contributed by atoms with Gasteiger partial charge in [0.1, 0.15) is 17.6 Å². The van der Waals surface area contributed by atoms with Crippen LogP contribution in [0.5, 0.6) is 0 Å². The number of para-hydroxylation sites is 2. The maximum atomic E-state index is 12.6. The second kappa shape index (κ2) is 7.89. The van der Waals surface area contributed by atoms with Crippen LogP contribution in [0.15, 0.2) is 60.9 Å². The zero-order valence-electron chi connectivity index (χ0n) is 16.0. The van der Waals surface area contributed by atoms with Gasteiger partial charge in [-0.3, -0.25) is 4.79 Å². The van der Waals surface area contributed by atoms with Crippen molar-refractivity contribution >= 4 is 23.1 Å². The van der Waals surface area contributed by atoms with E-state index in [0.29, 0.717) is 17.1 Å². The molecule has 2 N–H and O–H groups in total. The van der Waals surface area contributed by atoms with Gasteiger partial charge in [0.25, 0.3) is 5.91 Å². The van der Waals surface area contributed by atoms with Crippen LogP contribution in [0, 0.1) is 11.3 Å².